The summed E-state index contributed by atoms with van der Waals surface area (Å²) in [4.78, 5) is 8.56. The number of nitrogens with zero attached hydrogens (tertiary/aromatic N) is 3. The Morgan fingerprint density at radius 2 is 2.18 bits per heavy atom. The van der Waals surface area contributed by atoms with E-state index in [-0.39, 0.29) is 0 Å². The van der Waals surface area contributed by atoms with Crippen LogP contribution in [0, 0.1) is 6.92 Å². The van der Waals surface area contributed by atoms with Gasteiger partial charge in [0, 0.05) is 24.6 Å². The van der Waals surface area contributed by atoms with Crippen molar-refractivity contribution in [2.45, 2.75) is 33.2 Å². The van der Waals surface area contributed by atoms with Gasteiger partial charge in [0.05, 0.1) is 11.9 Å². The maximum absolute atomic E-state index is 4.31. The second-order valence-electron chi connectivity index (χ2n) is 4.11. The molecule has 0 aromatic carbocycles. The summed E-state index contributed by atoms with van der Waals surface area (Å²) in [6.45, 7) is 5.16. The maximum Gasteiger partial charge on any atom is 0.207 e. The molecule has 0 saturated heterocycles. The molecule has 2 rings (SSSR count). The summed E-state index contributed by atoms with van der Waals surface area (Å²) in [5.41, 5.74) is 1.99. The molecule has 0 atom stereocenters. The smallest absolute Gasteiger partial charge is 0.207 e. The molecule has 2 aromatic rings. The van der Waals surface area contributed by atoms with Crippen LogP contribution in [-0.2, 0) is 6.54 Å². The zero-order valence-electron chi connectivity index (χ0n) is 10.3. The number of aromatic nitrogens is 3. The van der Waals surface area contributed by atoms with E-state index in [0.717, 1.165) is 30.3 Å². The summed E-state index contributed by atoms with van der Waals surface area (Å²) in [5, 5.41) is 3.28. The van der Waals surface area contributed by atoms with Crippen LogP contribution in [0.5, 0.6) is 0 Å². The fraction of sp³-hybridized carbons (Fsp3) is 0.385. The van der Waals surface area contributed by atoms with E-state index >= 15 is 0 Å². The third-order valence-electron chi connectivity index (χ3n) is 2.64. The fourth-order valence-corrected chi connectivity index (χ4v) is 1.61. The fourth-order valence-electron chi connectivity index (χ4n) is 1.61. The Bertz CT molecular complexity index is 459. The molecule has 0 saturated carbocycles. The van der Waals surface area contributed by atoms with Gasteiger partial charge in [0.1, 0.15) is 0 Å². The molecule has 0 amide bonds. The van der Waals surface area contributed by atoms with E-state index in [1.807, 2.05) is 37.6 Å². The summed E-state index contributed by atoms with van der Waals surface area (Å²) in [6.07, 6.45) is 7.99. The maximum atomic E-state index is 4.31. The second-order valence-corrected chi connectivity index (χ2v) is 4.11. The molecule has 0 aliphatic rings. The van der Waals surface area contributed by atoms with Crippen molar-refractivity contribution in [3.8, 4) is 0 Å². The normalized spacial score (nSPS) is 10.5. The average Bonchev–Trinajstić information content (AvgIpc) is 2.77. The van der Waals surface area contributed by atoms with E-state index in [4.69, 9.17) is 0 Å². The summed E-state index contributed by atoms with van der Waals surface area (Å²) < 4.78 is 2.13. The first-order valence-electron chi connectivity index (χ1n) is 6.00. The number of hydrogen-bond acceptors (Lipinski definition) is 3. The van der Waals surface area contributed by atoms with Crippen molar-refractivity contribution in [3.05, 3.63) is 36.4 Å². The minimum absolute atomic E-state index is 0.879. The number of hydrogen-bond donors (Lipinski definition) is 1. The van der Waals surface area contributed by atoms with Crippen LogP contribution in [0.2, 0.25) is 0 Å². The molecule has 2 heterocycles. The summed E-state index contributed by atoms with van der Waals surface area (Å²) in [5.74, 6) is 0.879. The van der Waals surface area contributed by atoms with E-state index in [1.165, 1.54) is 6.42 Å². The molecule has 1 N–H and O–H groups in total. The molecule has 0 bridgehead atoms. The SMILES string of the molecule is CCCCn1ccnc1Nc1ccc(C)nc1. The molecule has 0 aliphatic carbocycles. The van der Waals surface area contributed by atoms with Gasteiger partial charge in [0.15, 0.2) is 0 Å². The summed E-state index contributed by atoms with van der Waals surface area (Å²) in [7, 11) is 0. The van der Waals surface area contributed by atoms with Crippen molar-refractivity contribution in [1.29, 1.82) is 0 Å². The number of aryl methyl sites for hydroxylation is 2. The molecule has 0 fully saturated rings. The van der Waals surface area contributed by atoms with Crippen LogP contribution in [0.15, 0.2) is 30.7 Å². The van der Waals surface area contributed by atoms with Crippen LogP contribution in [0.1, 0.15) is 25.5 Å². The van der Waals surface area contributed by atoms with Crippen molar-refractivity contribution in [3.63, 3.8) is 0 Å². The number of nitrogens with one attached hydrogen (secondary N) is 1. The van der Waals surface area contributed by atoms with Gasteiger partial charge in [-0.15, -0.1) is 0 Å². The molecule has 4 heteroatoms. The van der Waals surface area contributed by atoms with E-state index in [1.54, 1.807) is 0 Å². The van der Waals surface area contributed by atoms with Gasteiger partial charge in [-0.25, -0.2) is 4.98 Å². The van der Waals surface area contributed by atoms with Crippen molar-refractivity contribution in [2.24, 2.45) is 0 Å². The lowest BCUT2D eigenvalue weighted by atomic mass is 10.3. The van der Waals surface area contributed by atoms with Crippen LogP contribution >= 0.6 is 0 Å². The van der Waals surface area contributed by atoms with E-state index in [0.29, 0.717) is 0 Å². The van der Waals surface area contributed by atoms with E-state index in [9.17, 15) is 0 Å². The second kappa shape index (κ2) is 5.48. The zero-order chi connectivity index (χ0) is 12.1. The summed E-state index contributed by atoms with van der Waals surface area (Å²) >= 11 is 0. The Morgan fingerprint density at radius 3 is 2.88 bits per heavy atom. The number of rotatable bonds is 5. The third kappa shape index (κ3) is 3.06. The minimum Gasteiger partial charge on any atom is -0.324 e. The van der Waals surface area contributed by atoms with E-state index in [2.05, 4.69) is 26.8 Å². The highest BCUT2D eigenvalue weighted by molar-refractivity contribution is 5.51. The quantitative estimate of drug-likeness (QED) is 0.858. The first-order chi connectivity index (χ1) is 8.29. The Balaban J connectivity index is 2.07. The highest BCUT2D eigenvalue weighted by Crippen LogP contribution is 2.14. The number of anilines is 2. The van der Waals surface area contributed by atoms with E-state index < -0.39 is 0 Å². The van der Waals surface area contributed by atoms with Gasteiger partial charge in [0.2, 0.25) is 5.95 Å². The van der Waals surface area contributed by atoms with Gasteiger partial charge in [-0.3, -0.25) is 4.98 Å². The Morgan fingerprint density at radius 1 is 1.29 bits per heavy atom. The standard InChI is InChI=1S/C13H18N4/c1-3-4-8-17-9-7-14-13(17)16-12-6-5-11(2)15-10-12/h5-7,9-10H,3-4,8H2,1-2H3,(H,14,16). The summed E-state index contributed by atoms with van der Waals surface area (Å²) in [6, 6.07) is 4.00. The lowest BCUT2D eigenvalue weighted by molar-refractivity contribution is 0.638. The minimum atomic E-state index is 0.879. The first-order valence-corrected chi connectivity index (χ1v) is 6.00. The van der Waals surface area contributed by atoms with Crippen molar-refractivity contribution >= 4 is 11.6 Å². The van der Waals surface area contributed by atoms with Gasteiger partial charge >= 0.3 is 0 Å². The lowest BCUT2D eigenvalue weighted by Crippen LogP contribution is -2.03. The molecule has 0 unspecified atom stereocenters. The van der Waals surface area contributed by atoms with Crippen LogP contribution in [0.3, 0.4) is 0 Å². The Labute approximate surface area is 102 Å². The highest BCUT2D eigenvalue weighted by Gasteiger charge is 2.02. The molecule has 0 spiro atoms. The molecule has 90 valence electrons. The Kier molecular flexibility index (Phi) is 3.75. The van der Waals surface area contributed by atoms with Gasteiger partial charge in [0.25, 0.3) is 0 Å². The van der Waals surface area contributed by atoms with Gasteiger partial charge in [-0.1, -0.05) is 13.3 Å². The van der Waals surface area contributed by atoms with Crippen molar-refractivity contribution in [1.82, 2.24) is 14.5 Å². The highest BCUT2D eigenvalue weighted by atomic mass is 15.2. The van der Waals surface area contributed by atoms with Crippen LogP contribution < -0.4 is 5.32 Å². The number of imidazole rings is 1. The van der Waals surface area contributed by atoms with Crippen molar-refractivity contribution < 1.29 is 0 Å². The van der Waals surface area contributed by atoms with Crippen LogP contribution in [-0.4, -0.2) is 14.5 Å². The lowest BCUT2D eigenvalue weighted by Gasteiger charge is -2.09. The first kappa shape index (κ1) is 11.6. The topological polar surface area (TPSA) is 42.7 Å². The Hall–Kier alpha value is -1.84. The van der Waals surface area contributed by atoms with Gasteiger partial charge in [-0.05, 0) is 25.5 Å². The van der Waals surface area contributed by atoms with Gasteiger partial charge in [-0.2, -0.15) is 0 Å². The number of unbranched alkanes of at least 4 members (excludes halogenated alkanes) is 1. The van der Waals surface area contributed by atoms with Crippen LogP contribution in [0.4, 0.5) is 11.6 Å². The monoisotopic (exact) mass is 230 g/mol. The van der Waals surface area contributed by atoms with Crippen molar-refractivity contribution in [2.75, 3.05) is 5.32 Å². The molecule has 0 aliphatic heterocycles. The van der Waals surface area contributed by atoms with Crippen LogP contribution in [0.25, 0.3) is 0 Å². The molecule has 17 heavy (non-hydrogen) atoms. The average molecular weight is 230 g/mol. The predicted octanol–water partition coefficient (Wildman–Crippen LogP) is 3.13. The van der Waals surface area contributed by atoms with Gasteiger partial charge < -0.3 is 9.88 Å². The number of pyridine rings is 1. The largest absolute Gasteiger partial charge is 0.324 e. The third-order valence-corrected chi connectivity index (χ3v) is 2.64. The molecular formula is C13H18N4. The molecule has 0 radical (unpaired) electrons. The molecule has 2 aromatic heterocycles. The molecule has 4 nitrogen and oxygen atoms in total. The zero-order valence-corrected chi connectivity index (χ0v) is 10.3. The molecular weight excluding hydrogens is 212 g/mol. The predicted molar refractivity (Wildman–Crippen MR) is 69.4 cm³/mol.